The molecule has 0 aliphatic rings. The molecule has 2 nitrogen and oxygen atoms in total. The first-order valence-electron chi connectivity index (χ1n) is 5.81. The van der Waals surface area contributed by atoms with E-state index < -0.39 is 0 Å². The largest absolute Gasteiger partial charge is 0.316 e. The van der Waals surface area contributed by atoms with Crippen LogP contribution in [-0.2, 0) is 4.79 Å². The van der Waals surface area contributed by atoms with Gasteiger partial charge < -0.3 is 5.32 Å². The van der Waals surface area contributed by atoms with Gasteiger partial charge in [0.05, 0.1) is 0 Å². The second-order valence-electron chi connectivity index (χ2n) is 4.48. The number of carbonyl (C=O) groups is 1. The van der Waals surface area contributed by atoms with Crippen LogP contribution in [0.25, 0.3) is 0 Å². The summed E-state index contributed by atoms with van der Waals surface area (Å²) in [6.07, 6.45) is 2.69. The Morgan fingerprint density at radius 2 is 1.93 bits per heavy atom. The number of hydrogen-bond acceptors (Lipinski definition) is 2. The van der Waals surface area contributed by atoms with Crippen LogP contribution in [0.5, 0.6) is 0 Å². The Hall–Kier alpha value is -0.370. The van der Waals surface area contributed by atoms with E-state index in [1.165, 1.54) is 0 Å². The van der Waals surface area contributed by atoms with Crippen LogP contribution in [0.3, 0.4) is 0 Å². The molecule has 0 rings (SSSR count). The highest BCUT2D eigenvalue weighted by molar-refractivity contribution is 5.80. The average Bonchev–Trinajstić information content (AvgIpc) is 2.15. The van der Waals surface area contributed by atoms with Crippen molar-refractivity contribution in [3.63, 3.8) is 0 Å². The molecular formula is C12H25NO. The first-order valence-corrected chi connectivity index (χ1v) is 5.81. The summed E-state index contributed by atoms with van der Waals surface area (Å²) in [7, 11) is 0. The Kier molecular flexibility index (Phi) is 7.77. The van der Waals surface area contributed by atoms with Crippen LogP contribution in [0.2, 0.25) is 0 Å². The molecule has 0 spiro atoms. The van der Waals surface area contributed by atoms with Crippen LogP contribution in [0.4, 0.5) is 0 Å². The molecule has 0 saturated carbocycles. The lowest BCUT2D eigenvalue weighted by Crippen LogP contribution is -2.22. The number of hydrogen-bond donors (Lipinski definition) is 1. The van der Waals surface area contributed by atoms with Crippen LogP contribution in [-0.4, -0.2) is 18.9 Å². The Balaban J connectivity index is 3.32. The predicted octanol–water partition coefficient (Wildman–Crippen LogP) is 2.63. The lowest BCUT2D eigenvalue weighted by atomic mass is 10.00. The van der Waals surface area contributed by atoms with Gasteiger partial charge >= 0.3 is 0 Å². The van der Waals surface area contributed by atoms with Gasteiger partial charge in [-0.2, -0.15) is 0 Å². The first kappa shape index (κ1) is 13.6. The van der Waals surface area contributed by atoms with Gasteiger partial charge in [-0.25, -0.2) is 0 Å². The Morgan fingerprint density at radius 1 is 1.29 bits per heavy atom. The highest BCUT2D eigenvalue weighted by Crippen LogP contribution is 2.06. The zero-order valence-electron chi connectivity index (χ0n) is 10.1. The quantitative estimate of drug-likeness (QED) is 0.609. The third-order valence-electron chi connectivity index (χ3n) is 2.49. The van der Waals surface area contributed by atoms with Crippen LogP contribution in [0.15, 0.2) is 0 Å². The molecular weight excluding hydrogens is 174 g/mol. The van der Waals surface area contributed by atoms with Gasteiger partial charge in [0.15, 0.2) is 0 Å². The highest BCUT2D eigenvalue weighted by Gasteiger charge is 2.09. The van der Waals surface area contributed by atoms with Gasteiger partial charge in [-0.05, 0) is 31.8 Å². The monoisotopic (exact) mass is 199 g/mol. The van der Waals surface area contributed by atoms with Crippen molar-refractivity contribution in [2.45, 2.75) is 47.0 Å². The minimum atomic E-state index is 0.250. The minimum Gasteiger partial charge on any atom is -0.316 e. The van der Waals surface area contributed by atoms with E-state index in [9.17, 15) is 4.79 Å². The molecule has 0 fully saturated rings. The van der Waals surface area contributed by atoms with Crippen LogP contribution < -0.4 is 5.32 Å². The SMILES string of the molecule is CCC(C)C(=O)CCCNCC(C)C. The molecule has 0 aromatic heterocycles. The number of nitrogens with one attached hydrogen (secondary N) is 1. The molecule has 0 heterocycles. The van der Waals surface area contributed by atoms with Gasteiger partial charge in [-0.1, -0.05) is 27.7 Å². The summed E-state index contributed by atoms with van der Waals surface area (Å²) >= 11 is 0. The van der Waals surface area contributed by atoms with Crippen molar-refractivity contribution in [3.8, 4) is 0 Å². The fourth-order valence-corrected chi connectivity index (χ4v) is 1.25. The third kappa shape index (κ3) is 7.07. The summed E-state index contributed by atoms with van der Waals surface area (Å²) in [5, 5.41) is 3.34. The average molecular weight is 199 g/mol. The summed E-state index contributed by atoms with van der Waals surface area (Å²) in [4.78, 5) is 11.4. The van der Waals surface area contributed by atoms with Crippen LogP contribution in [0.1, 0.15) is 47.0 Å². The van der Waals surface area contributed by atoms with Crippen LogP contribution >= 0.6 is 0 Å². The molecule has 0 aliphatic heterocycles. The van der Waals surface area contributed by atoms with Crippen molar-refractivity contribution < 1.29 is 4.79 Å². The van der Waals surface area contributed by atoms with Crippen molar-refractivity contribution in [1.82, 2.24) is 5.32 Å². The van der Waals surface area contributed by atoms with Gasteiger partial charge in [-0.3, -0.25) is 4.79 Å². The molecule has 0 aromatic carbocycles. The lowest BCUT2D eigenvalue weighted by molar-refractivity contribution is -0.122. The smallest absolute Gasteiger partial charge is 0.135 e. The maximum Gasteiger partial charge on any atom is 0.135 e. The van der Waals surface area contributed by atoms with E-state index >= 15 is 0 Å². The molecule has 0 amide bonds. The number of carbonyl (C=O) groups excluding carboxylic acids is 1. The van der Waals surface area contributed by atoms with Gasteiger partial charge in [0.1, 0.15) is 5.78 Å². The molecule has 14 heavy (non-hydrogen) atoms. The first-order chi connectivity index (χ1) is 6.57. The molecule has 0 aromatic rings. The van der Waals surface area contributed by atoms with E-state index in [1.807, 2.05) is 6.92 Å². The molecule has 1 atom stereocenters. The molecule has 0 bridgehead atoms. The van der Waals surface area contributed by atoms with Crippen molar-refractivity contribution in [1.29, 1.82) is 0 Å². The summed E-state index contributed by atoms with van der Waals surface area (Å²) in [5.74, 6) is 1.36. The molecule has 0 radical (unpaired) electrons. The predicted molar refractivity (Wildman–Crippen MR) is 61.4 cm³/mol. The van der Waals surface area contributed by atoms with Gasteiger partial charge in [0, 0.05) is 12.3 Å². The number of rotatable bonds is 8. The van der Waals surface area contributed by atoms with E-state index in [4.69, 9.17) is 0 Å². The lowest BCUT2D eigenvalue weighted by Gasteiger charge is -2.09. The summed E-state index contributed by atoms with van der Waals surface area (Å²) in [5.41, 5.74) is 0. The fraction of sp³-hybridized carbons (Fsp3) is 0.917. The molecule has 0 aliphatic carbocycles. The standard InChI is InChI=1S/C12H25NO/c1-5-11(4)12(14)7-6-8-13-9-10(2)3/h10-11,13H,5-9H2,1-4H3. The Bertz CT molecular complexity index is 154. The van der Waals surface area contributed by atoms with Gasteiger partial charge in [0.25, 0.3) is 0 Å². The zero-order chi connectivity index (χ0) is 11.0. The van der Waals surface area contributed by atoms with Crippen molar-refractivity contribution in [3.05, 3.63) is 0 Å². The fourth-order valence-electron chi connectivity index (χ4n) is 1.25. The maximum absolute atomic E-state index is 11.4. The van der Waals surface area contributed by atoms with E-state index in [2.05, 4.69) is 26.1 Å². The van der Waals surface area contributed by atoms with Crippen molar-refractivity contribution in [2.75, 3.05) is 13.1 Å². The van der Waals surface area contributed by atoms with Crippen molar-refractivity contribution in [2.24, 2.45) is 11.8 Å². The molecule has 1 N–H and O–H groups in total. The van der Waals surface area contributed by atoms with Gasteiger partial charge in [-0.15, -0.1) is 0 Å². The summed E-state index contributed by atoms with van der Waals surface area (Å²) < 4.78 is 0. The number of ketones is 1. The minimum absolute atomic E-state index is 0.250. The number of Topliss-reactive ketones (excluding diaryl/α,β-unsaturated/α-hetero) is 1. The van der Waals surface area contributed by atoms with E-state index in [0.717, 1.165) is 32.4 Å². The summed E-state index contributed by atoms with van der Waals surface area (Å²) in [6.45, 7) is 10.5. The van der Waals surface area contributed by atoms with E-state index in [1.54, 1.807) is 0 Å². The topological polar surface area (TPSA) is 29.1 Å². The van der Waals surface area contributed by atoms with E-state index in [0.29, 0.717) is 11.7 Å². The Morgan fingerprint density at radius 3 is 2.43 bits per heavy atom. The molecule has 2 heteroatoms. The van der Waals surface area contributed by atoms with Crippen LogP contribution in [0, 0.1) is 11.8 Å². The van der Waals surface area contributed by atoms with E-state index in [-0.39, 0.29) is 5.92 Å². The highest BCUT2D eigenvalue weighted by atomic mass is 16.1. The molecule has 1 unspecified atom stereocenters. The normalized spacial score (nSPS) is 13.2. The zero-order valence-corrected chi connectivity index (χ0v) is 10.1. The second-order valence-corrected chi connectivity index (χ2v) is 4.48. The maximum atomic E-state index is 11.4. The van der Waals surface area contributed by atoms with Gasteiger partial charge in [0.2, 0.25) is 0 Å². The summed E-state index contributed by atoms with van der Waals surface area (Å²) in [6, 6.07) is 0. The Labute approximate surface area is 88.5 Å². The third-order valence-corrected chi connectivity index (χ3v) is 2.49. The molecule has 0 saturated heterocycles. The molecule has 84 valence electrons. The van der Waals surface area contributed by atoms with Crippen molar-refractivity contribution >= 4 is 5.78 Å². The second kappa shape index (κ2) is 7.98.